The van der Waals surface area contributed by atoms with Gasteiger partial charge in [0, 0.05) is 28.7 Å². The van der Waals surface area contributed by atoms with Gasteiger partial charge in [0.05, 0.1) is 12.0 Å². The lowest BCUT2D eigenvalue weighted by Gasteiger charge is -2.18. The topological polar surface area (TPSA) is 68.6 Å². The molecule has 0 saturated carbocycles. The molecule has 2 aromatic rings. The predicted molar refractivity (Wildman–Crippen MR) is 102 cm³/mol. The number of aromatic nitrogens is 1. The SMILES string of the molecule is COC(=O)[C@H](C)N1C(=O)S/C(=C/c2cn(C(C)C)c3ccccc23)C1=O. The number of esters is 1. The van der Waals surface area contributed by atoms with E-state index in [0.29, 0.717) is 4.91 Å². The Balaban J connectivity index is 2.02. The van der Waals surface area contributed by atoms with E-state index in [0.717, 1.165) is 33.1 Å². The molecule has 1 aliphatic rings. The first-order valence-corrected chi connectivity index (χ1v) is 9.11. The third-order valence-electron chi connectivity index (χ3n) is 4.37. The van der Waals surface area contributed by atoms with E-state index >= 15 is 0 Å². The minimum Gasteiger partial charge on any atom is -0.467 e. The molecule has 1 fully saturated rings. The first kappa shape index (κ1) is 18.3. The van der Waals surface area contributed by atoms with Gasteiger partial charge in [-0.15, -0.1) is 0 Å². The number of carbonyl (C=O) groups is 3. The van der Waals surface area contributed by atoms with E-state index in [2.05, 4.69) is 23.2 Å². The molecule has 136 valence electrons. The zero-order valence-electron chi connectivity index (χ0n) is 15.1. The van der Waals surface area contributed by atoms with Gasteiger partial charge >= 0.3 is 5.97 Å². The molecule has 0 aliphatic carbocycles. The lowest BCUT2D eigenvalue weighted by atomic mass is 10.1. The molecule has 0 spiro atoms. The molecule has 6 nitrogen and oxygen atoms in total. The van der Waals surface area contributed by atoms with Crippen LogP contribution >= 0.6 is 11.8 Å². The molecular weight excluding hydrogens is 352 g/mol. The fourth-order valence-corrected chi connectivity index (χ4v) is 3.90. The summed E-state index contributed by atoms with van der Waals surface area (Å²) in [5.41, 5.74) is 1.93. The molecular formula is C19H20N2O4S. The van der Waals surface area contributed by atoms with Crippen molar-refractivity contribution in [2.75, 3.05) is 7.11 Å². The van der Waals surface area contributed by atoms with E-state index in [1.165, 1.54) is 14.0 Å². The summed E-state index contributed by atoms with van der Waals surface area (Å²) in [6.07, 6.45) is 3.70. The summed E-state index contributed by atoms with van der Waals surface area (Å²) in [5, 5.41) is 0.542. The molecule has 2 amide bonds. The first-order valence-electron chi connectivity index (χ1n) is 8.29. The number of thioether (sulfide) groups is 1. The lowest BCUT2D eigenvalue weighted by molar-refractivity contribution is -0.148. The number of hydrogen-bond donors (Lipinski definition) is 0. The molecule has 1 aromatic heterocycles. The molecule has 0 radical (unpaired) electrons. The Kier molecular flexibility index (Phi) is 4.91. The highest BCUT2D eigenvalue weighted by atomic mass is 32.2. The number of nitrogens with zero attached hydrogens (tertiary/aromatic N) is 2. The van der Waals surface area contributed by atoms with Gasteiger partial charge < -0.3 is 9.30 Å². The highest BCUT2D eigenvalue weighted by molar-refractivity contribution is 8.18. The molecule has 1 saturated heterocycles. The zero-order valence-corrected chi connectivity index (χ0v) is 15.9. The maximum absolute atomic E-state index is 12.7. The van der Waals surface area contributed by atoms with Crippen LogP contribution in [-0.2, 0) is 14.3 Å². The van der Waals surface area contributed by atoms with E-state index in [9.17, 15) is 14.4 Å². The number of fused-ring (bicyclic) bond motifs is 1. The third-order valence-corrected chi connectivity index (χ3v) is 5.25. The maximum atomic E-state index is 12.7. The molecule has 1 atom stereocenters. The Bertz CT molecular complexity index is 929. The average molecular weight is 372 g/mol. The third kappa shape index (κ3) is 3.03. The van der Waals surface area contributed by atoms with Gasteiger partial charge in [0.1, 0.15) is 6.04 Å². The summed E-state index contributed by atoms with van der Waals surface area (Å²) in [5.74, 6) is -1.09. The molecule has 26 heavy (non-hydrogen) atoms. The van der Waals surface area contributed by atoms with Crippen LogP contribution in [0.15, 0.2) is 35.4 Å². The summed E-state index contributed by atoms with van der Waals surface area (Å²) in [4.78, 5) is 37.9. The van der Waals surface area contributed by atoms with E-state index < -0.39 is 23.2 Å². The highest BCUT2D eigenvalue weighted by Gasteiger charge is 2.41. The van der Waals surface area contributed by atoms with Crippen LogP contribution in [0.4, 0.5) is 4.79 Å². The van der Waals surface area contributed by atoms with Gasteiger partial charge in [-0.25, -0.2) is 4.79 Å². The Labute approximate surface area is 155 Å². The van der Waals surface area contributed by atoms with Gasteiger partial charge in [-0.3, -0.25) is 14.5 Å². The van der Waals surface area contributed by atoms with Gasteiger partial charge in [0.2, 0.25) is 0 Å². The Morgan fingerprint density at radius 3 is 2.54 bits per heavy atom. The number of ether oxygens (including phenoxy) is 1. The smallest absolute Gasteiger partial charge is 0.328 e. The standard InChI is InChI=1S/C19H20N2O4S/c1-11(2)20-10-13(14-7-5-6-8-15(14)20)9-16-17(22)21(19(24)26-16)12(3)18(23)25-4/h5-12H,1-4H3/b16-9+/t12-/m0/s1. The maximum Gasteiger partial charge on any atom is 0.328 e. The van der Waals surface area contributed by atoms with Crippen molar-refractivity contribution in [2.24, 2.45) is 0 Å². The van der Waals surface area contributed by atoms with Crippen LogP contribution in [0.2, 0.25) is 0 Å². The molecule has 2 heterocycles. The second-order valence-electron chi connectivity index (χ2n) is 6.35. The van der Waals surface area contributed by atoms with Crippen LogP contribution in [0.3, 0.4) is 0 Å². The summed E-state index contributed by atoms with van der Waals surface area (Å²) < 4.78 is 6.77. The molecule has 0 bridgehead atoms. The highest BCUT2D eigenvalue weighted by Crippen LogP contribution is 2.35. The predicted octanol–water partition coefficient (Wildman–Crippen LogP) is 3.82. The van der Waals surface area contributed by atoms with Crippen LogP contribution < -0.4 is 0 Å². The van der Waals surface area contributed by atoms with Crippen LogP contribution in [0, 0.1) is 0 Å². The minimum absolute atomic E-state index is 0.261. The van der Waals surface area contributed by atoms with Crippen molar-refractivity contribution >= 4 is 45.9 Å². The number of amides is 2. The summed E-state index contributed by atoms with van der Waals surface area (Å²) >= 11 is 0.841. The van der Waals surface area contributed by atoms with Crippen LogP contribution in [0.25, 0.3) is 17.0 Å². The van der Waals surface area contributed by atoms with Crippen molar-refractivity contribution < 1.29 is 19.1 Å². The Hall–Kier alpha value is -2.54. The number of rotatable bonds is 4. The van der Waals surface area contributed by atoms with Crippen molar-refractivity contribution in [2.45, 2.75) is 32.9 Å². The van der Waals surface area contributed by atoms with Crippen LogP contribution in [0.1, 0.15) is 32.4 Å². The van der Waals surface area contributed by atoms with Crippen molar-refractivity contribution in [1.82, 2.24) is 9.47 Å². The van der Waals surface area contributed by atoms with Crippen molar-refractivity contribution in [3.8, 4) is 0 Å². The fourth-order valence-electron chi connectivity index (χ4n) is 3.01. The molecule has 3 rings (SSSR count). The van der Waals surface area contributed by atoms with Gasteiger partial charge in [0.25, 0.3) is 11.1 Å². The molecule has 7 heteroatoms. The summed E-state index contributed by atoms with van der Waals surface area (Å²) in [6, 6.07) is 7.23. The summed E-state index contributed by atoms with van der Waals surface area (Å²) in [6.45, 7) is 5.65. The van der Waals surface area contributed by atoms with E-state index in [1.807, 2.05) is 30.5 Å². The van der Waals surface area contributed by atoms with E-state index in [4.69, 9.17) is 0 Å². The number of carbonyl (C=O) groups excluding carboxylic acids is 3. The van der Waals surface area contributed by atoms with E-state index in [-0.39, 0.29) is 6.04 Å². The average Bonchev–Trinajstić information content (AvgIpc) is 3.12. The quantitative estimate of drug-likeness (QED) is 0.603. The van der Waals surface area contributed by atoms with Crippen molar-refractivity contribution in [1.29, 1.82) is 0 Å². The number of hydrogen-bond acceptors (Lipinski definition) is 5. The zero-order chi connectivity index (χ0) is 19.0. The largest absolute Gasteiger partial charge is 0.467 e. The number of methoxy groups -OCH3 is 1. The Morgan fingerprint density at radius 2 is 1.88 bits per heavy atom. The molecule has 0 unspecified atom stereocenters. The van der Waals surface area contributed by atoms with Crippen LogP contribution in [-0.4, -0.2) is 39.7 Å². The number of imide groups is 1. The normalized spacial score (nSPS) is 17.6. The van der Waals surface area contributed by atoms with Gasteiger partial charge in [0.15, 0.2) is 0 Å². The summed E-state index contributed by atoms with van der Waals surface area (Å²) in [7, 11) is 1.23. The second kappa shape index (κ2) is 6.99. The molecule has 1 aromatic carbocycles. The van der Waals surface area contributed by atoms with Gasteiger partial charge in [-0.1, -0.05) is 18.2 Å². The van der Waals surface area contributed by atoms with Gasteiger partial charge in [-0.05, 0) is 44.7 Å². The first-order chi connectivity index (χ1) is 12.3. The van der Waals surface area contributed by atoms with Crippen molar-refractivity contribution in [3.05, 3.63) is 40.9 Å². The monoisotopic (exact) mass is 372 g/mol. The van der Waals surface area contributed by atoms with Crippen LogP contribution in [0.5, 0.6) is 0 Å². The van der Waals surface area contributed by atoms with Gasteiger partial charge in [-0.2, -0.15) is 0 Å². The minimum atomic E-state index is -0.949. The Morgan fingerprint density at radius 1 is 1.19 bits per heavy atom. The molecule has 0 N–H and O–H groups in total. The fraction of sp³-hybridized carbons (Fsp3) is 0.316. The number of para-hydroxylation sites is 1. The van der Waals surface area contributed by atoms with Crippen molar-refractivity contribution in [3.63, 3.8) is 0 Å². The second-order valence-corrected chi connectivity index (χ2v) is 7.35. The molecule has 1 aliphatic heterocycles. The van der Waals surface area contributed by atoms with E-state index in [1.54, 1.807) is 6.08 Å². The lowest BCUT2D eigenvalue weighted by Crippen LogP contribution is -2.42. The number of benzene rings is 1.